The maximum atomic E-state index is 11.8. The third-order valence-electron chi connectivity index (χ3n) is 3.61. The van der Waals surface area contributed by atoms with Gasteiger partial charge in [-0.25, -0.2) is 0 Å². The summed E-state index contributed by atoms with van der Waals surface area (Å²) in [7, 11) is 3.96. The number of hydrogen-bond donors (Lipinski definition) is 1. The van der Waals surface area contributed by atoms with Gasteiger partial charge in [0.1, 0.15) is 0 Å². The number of nitrogens with one attached hydrogen (secondary N) is 1. The molecule has 1 amide bonds. The fourth-order valence-corrected chi connectivity index (χ4v) is 2.36. The van der Waals surface area contributed by atoms with Gasteiger partial charge in [-0.1, -0.05) is 6.08 Å². The van der Waals surface area contributed by atoms with E-state index in [2.05, 4.69) is 11.9 Å². The van der Waals surface area contributed by atoms with Crippen LogP contribution in [-0.4, -0.2) is 37.0 Å². The summed E-state index contributed by atoms with van der Waals surface area (Å²) in [6, 6.07) is 1.09. The van der Waals surface area contributed by atoms with Gasteiger partial charge in [0.15, 0.2) is 0 Å². The molecule has 3 heteroatoms. The number of carbonyl (C=O) groups excluding carboxylic acids is 1. The fraction of sp³-hybridized carbons (Fsp3) is 0.769. The number of hydrogen-bond acceptors (Lipinski definition) is 2. The lowest BCUT2D eigenvalue weighted by Gasteiger charge is -2.34. The number of nitrogens with zero attached hydrogens (tertiary/aromatic N) is 1. The first-order valence-corrected chi connectivity index (χ1v) is 6.22. The average Bonchev–Trinajstić information content (AvgIpc) is 2.35. The van der Waals surface area contributed by atoms with E-state index in [1.165, 1.54) is 12.8 Å². The Bertz CT molecular complexity index is 232. The highest BCUT2D eigenvalue weighted by atomic mass is 16.2. The van der Waals surface area contributed by atoms with E-state index in [-0.39, 0.29) is 5.91 Å². The Morgan fingerprint density at radius 3 is 2.56 bits per heavy atom. The van der Waals surface area contributed by atoms with Crippen molar-refractivity contribution in [3.05, 3.63) is 12.7 Å². The average molecular weight is 224 g/mol. The topological polar surface area (TPSA) is 32.3 Å². The largest absolute Gasteiger partial charge is 0.343 e. The van der Waals surface area contributed by atoms with Crippen LogP contribution in [0, 0.1) is 0 Å². The number of rotatable bonds is 5. The van der Waals surface area contributed by atoms with Gasteiger partial charge in [0.25, 0.3) is 0 Å². The molecule has 1 rings (SSSR count). The van der Waals surface area contributed by atoms with E-state index in [1.807, 2.05) is 25.1 Å². The zero-order valence-electron chi connectivity index (χ0n) is 10.5. The summed E-state index contributed by atoms with van der Waals surface area (Å²) in [5.41, 5.74) is 0. The van der Waals surface area contributed by atoms with Crippen molar-refractivity contribution < 1.29 is 4.79 Å². The molecule has 0 aromatic rings. The third-order valence-corrected chi connectivity index (χ3v) is 3.61. The molecule has 1 N–H and O–H groups in total. The lowest BCUT2D eigenvalue weighted by Crippen LogP contribution is -2.42. The van der Waals surface area contributed by atoms with E-state index in [0.29, 0.717) is 18.5 Å². The molecule has 16 heavy (non-hydrogen) atoms. The van der Waals surface area contributed by atoms with Gasteiger partial charge in [-0.2, -0.15) is 0 Å². The smallest absolute Gasteiger partial charge is 0.222 e. The van der Waals surface area contributed by atoms with Crippen LogP contribution in [0.4, 0.5) is 0 Å². The van der Waals surface area contributed by atoms with E-state index >= 15 is 0 Å². The Morgan fingerprint density at radius 1 is 1.44 bits per heavy atom. The molecule has 0 aromatic heterocycles. The van der Waals surface area contributed by atoms with Crippen molar-refractivity contribution in [3.63, 3.8) is 0 Å². The molecule has 0 aliphatic heterocycles. The molecule has 1 aliphatic rings. The zero-order valence-corrected chi connectivity index (χ0v) is 10.5. The first-order valence-electron chi connectivity index (χ1n) is 6.22. The van der Waals surface area contributed by atoms with Crippen LogP contribution in [0.2, 0.25) is 0 Å². The minimum Gasteiger partial charge on any atom is -0.343 e. The predicted molar refractivity (Wildman–Crippen MR) is 67.3 cm³/mol. The van der Waals surface area contributed by atoms with E-state index in [0.717, 1.165) is 19.3 Å². The summed E-state index contributed by atoms with van der Waals surface area (Å²) in [6.45, 7) is 3.65. The van der Waals surface area contributed by atoms with Gasteiger partial charge in [-0.05, 0) is 39.2 Å². The molecule has 0 bridgehead atoms. The minimum atomic E-state index is 0.257. The second kappa shape index (κ2) is 6.69. The van der Waals surface area contributed by atoms with Gasteiger partial charge in [-0.3, -0.25) is 4.79 Å². The quantitative estimate of drug-likeness (QED) is 0.724. The van der Waals surface area contributed by atoms with Crippen molar-refractivity contribution in [1.29, 1.82) is 0 Å². The Labute approximate surface area is 98.9 Å². The second-order valence-corrected chi connectivity index (χ2v) is 4.63. The van der Waals surface area contributed by atoms with Gasteiger partial charge in [0.2, 0.25) is 5.91 Å². The normalized spacial score (nSPS) is 25.1. The minimum absolute atomic E-state index is 0.257. The van der Waals surface area contributed by atoms with Crippen molar-refractivity contribution in [2.24, 2.45) is 0 Å². The Balaban J connectivity index is 2.34. The van der Waals surface area contributed by atoms with Crippen LogP contribution < -0.4 is 5.32 Å². The molecule has 0 heterocycles. The SMILES string of the molecule is C=CCCC(=O)N(C)C1CCC(NC)CC1. The van der Waals surface area contributed by atoms with Crippen molar-refractivity contribution in [3.8, 4) is 0 Å². The highest BCUT2D eigenvalue weighted by Crippen LogP contribution is 2.22. The molecule has 0 unspecified atom stereocenters. The highest BCUT2D eigenvalue weighted by Gasteiger charge is 2.25. The maximum absolute atomic E-state index is 11.8. The maximum Gasteiger partial charge on any atom is 0.222 e. The summed E-state index contributed by atoms with van der Waals surface area (Å²) >= 11 is 0. The predicted octanol–water partition coefficient (Wildman–Crippen LogP) is 1.94. The molecule has 0 spiro atoms. The highest BCUT2D eigenvalue weighted by molar-refractivity contribution is 5.76. The fourth-order valence-electron chi connectivity index (χ4n) is 2.36. The summed E-state index contributed by atoms with van der Waals surface area (Å²) in [6.07, 6.45) is 7.81. The lowest BCUT2D eigenvalue weighted by atomic mass is 9.90. The van der Waals surface area contributed by atoms with E-state index < -0.39 is 0 Å². The molecule has 0 saturated heterocycles. The summed E-state index contributed by atoms with van der Waals surface area (Å²) in [5, 5.41) is 3.31. The third kappa shape index (κ3) is 3.63. The van der Waals surface area contributed by atoms with Crippen LogP contribution in [0.1, 0.15) is 38.5 Å². The van der Waals surface area contributed by atoms with E-state index in [4.69, 9.17) is 0 Å². The number of amides is 1. The molecule has 0 atom stereocenters. The van der Waals surface area contributed by atoms with E-state index in [9.17, 15) is 4.79 Å². The van der Waals surface area contributed by atoms with Crippen molar-refractivity contribution in [2.45, 2.75) is 50.6 Å². The van der Waals surface area contributed by atoms with Crippen LogP contribution in [0.5, 0.6) is 0 Å². The van der Waals surface area contributed by atoms with Crippen molar-refractivity contribution in [1.82, 2.24) is 10.2 Å². The summed E-state index contributed by atoms with van der Waals surface area (Å²) in [5.74, 6) is 0.257. The molecule has 0 radical (unpaired) electrons. The van der Waals surface area contributed by atoms with Gasteiger partial charge < -0.3 is 10.2 Å². The molecule has 1 aliphatic carbocycles. The van der Waals surface area contributed by atoms with Gasteiger partial charge in [-0.15, -0.1) is 6.58 Å². The number of allylic oxidation sites excluding steroid dienone is 1. The Hall–Kier alpha value is -0.830. The van der Waals surface area contributed by atoms with Crippen molar-refractivity contribution in [2.75, 3.05) is 14.1 Å². The molecular weight excluding hydrogens is 200 g/mol. The molecule has 1 fully saturated rings. The summed E-state index contributed by atoms with van der Waals surface area (Å²) in [4.78, 5) is 13.8. The lowest BCUT2D eigenvalue weighted by molar-refractivity contribution is -0.132. The first-order chi connectivity index (χ1) is 7.69. The van der Waals surface area contributed by atoms with Crippen LogP contribution in [0.25, 0.3) is 0 Å². The standard InChI is InChI=1S/C13H24N2O/c1-4-5-6-13(16)15(3)12-9-7-11(14-2)8-10-12/h4,11-12,14H,1,5-10H2,2-3H3. The molecule has 92 valence electrons. The monoisotopic (exact) mass is 224 g/mol. The summed E-state index contributed by atoms with van der Waals surface area (Å²) < 4.78 is 0. The van der Waals surface area contributed by atoms with Gasteiger partial charge in [0.05, 0.1) is 0 Å². The first kappa shape index (κ1) is 13.2. The molecule has 3 nitrogen and oxygen atoms in total. The van der Waals surface area contributed by atoms with E-state index in [1.54, 1.807) is 0 Å². The zero-order chi connectivity index (χ0) is 12.0. The van der Waals surface area contributed by atoms with Crippen LogP contribution in [0.15, 0.2) is 12.7 Å². The Kier molecular flexibility index (Phi) is 5.53. The van der Waals surface area contributed by atoms with Crippen LogP contribution >= 0.6 is 0 Å². The number of carbonyl (C=O) groups is 1. The molecule has 0 aromatic carbocycles. The Morgan fingerprint density at radius 2 is 2.06 bits per heavy atom. The molecule has 1 saturated carbocycles. The van der Waals surface area contributed by atoms with Crippen LogP contribution in [-0.2, 0) is 4.79 Å². The van der Waals surface area contributed by atoms with Gasteiger partial charge >= 0.3 is 0 Å². The van der Waals surface area contributed by atoms with Gasteiger partial charge in [0, 0.05) is 25.6 Å². The van der Waals surface area contributed by atoms with Crippen molar-refractivity contribution >= 4 is 5.91 Å². The second-order valence-electron chi connectivity index (χ2n) is 4.63. The van der Waals surface area contributed by atoms with Crippen LogP contribution in [0.3, 0.4) is 0 Å². The molecular formula is C13H24N2O.